The van der Waals surface area contributed by atoms with E-state index in [1.54, 1.807) is 23.0 Å². The van der Waals surface area contributed by atoms with Crippen LogP contribution in [0.3, 0.4) is 0 Å². The number of carbonyl (C=O) groups excluding carboxylic acids is 1. The molecule has 1 saturated heterocycles. The number of β-amino-alcohol motifs (C(OH)–C–C–N with tert-alkyl or cyclic N) is 1. The van der Waals surface area contributed by atoms with Crippen LogP contribution in [0, 0.1) is 12.7 Å². The van der Waals surface area contributed by atoms with Gasteiger partial charge in [-0.3, -0.25) is 4.79 Å². The third kappa shape index (κ3) is 3.13. The number of rotatable bonds is 3. The summed E-state index contributed by atoms with van der Waals surface area (Å²) in [5.41, 5.74) is 3.28. The summed E-state index contributed by atoms with van der Waals surface area (Å²) in [5, 5.41) is 17.4. The van der Waals surface area contributed by atoms with Gasteiger partial charge in [0, 0.05) is 30.9 Å². The molecule has 0 radical (unpaired) electrons. The smallest absolute Gasteiger partial charge is 0.255 e. The van der Waals surface area contributed by atoms with E-state index in [2.05, 4.69) is 15.4 Å². The van der Waals surface area contributed by atoms with E-state index < -0.39 is 0 Å². The summed E-state index contributed by atoms with van der Waals surface area (Å²) >= 11 is 0. The summed E-state index contributed by atoms with van der Waals surface area (Å²) in [5.74, 6) is 0.172. The lowest BCUT2D eigenvalue weighted by molar-refractivity contribution is 0.0965. The van der Waals surface area contributed by atoms with Gasteiger partial charge in [0.2, 0.25) is 0 Å². The summed E-state index contributed by atoms with van der Waals surface area (Å²) in [6, 6.07) is 8.50. The van der Waals surface area contributed by atoms with Crippen molar-refractivity contribution in [1.29, 1.82) is 0 Å². The average Bonchev–Trinajstić information content (AvgIpc) is 3.35. The highest BCUT2D eigenvalue weighted by molar-refractivity contribution is 6.01. The molecule has 5 rings (SSSR count). The SMILES string of the molecule is Cc1cccc(F)c1-c1cc(-n2ccc(N3CCCC(O)C3)n2)c2c(n1)CNC2=O. The normalized spacial score (nSPS) is 18.4. The van der Waals surface area contributed by atoms with Crippen LogP contribution in [0.1, 0.15) is 34.5 Å². The first-order chi connectivity index (χ1) is 14.5. The molecule has 4 heterocycles. The molecule has 3 aromatic rings. The second-order valence-corrected chi connectivity index (χ2v) is 7.82. The predicted molar refractivity (Wildman–Crippen MR) is 110 cm³/mol. The molecule has 0 aliphatic carbocycles. The molecule has 8 heteroatoms. The van der Waals surface area contributed by atoms with E-state index in [0.29, 0.717) is 41.3 Å². The second-order valence-electron chi connectivity index (χ2n) is 7.82. The van der Waals surface area contributed by atoms with Crippen LogP contribution in [-0.2, 0) is 6.54 Å². The molecule has 0 spiro atoms. The Kier molecular flexibility index (Phi) is 4.51. The van der Waals surface area contributed by atoms with E-state index in [1.165, 1.54) is 6.07 Å². The number of aryl methyl sites for hydroxylation is 1. The molecule has 1 amide bonds. The van der Waals surface area contributed by atoms with Crippen LogP contribution in [0.4, 0.5) is 10.2 Å². The molecule has 0 saturated carbocycles. The second kappa shape index (κ2) is 7.21. The summed E-state index contributed by atoms with van der Waals surface area (Å²) in [7, 11) is 0. The Morgan fingerprint density at radius 3 is 2.93 bits per heavy atom. The summed E-state index contributed by atoms with van der Waals surface area (Å²) in [6.45, 7) is 3.49. The zero-order valence-corrected chi connectivity index (χ0v) is 16.6. The minimum atomic E-state index is -0.365. The highest BCUT2D eigenvalue weighted by Gasteiger charge is 2.28. The van der Waals surface area contributed by atoms with E-state index in [0.717, 1.165) is 30.8 Å². The lowest BCUT2D eigenvalue weighted by atomic mass is 10.0. The van der Waals surface area contributed by atoms with Crippen molar-refractivity contribution in [1.82, 2.24) is 20.1 Å². The molecule has 154 valence electrons. The van der Waals surface area contributed by atoms with Gasteiger partial charge in [-0.05, 0) is 37.5 Å². The van der Waals surface area contributed by atoms with Crippen molar-refractivity contribution < 1.29 is 14.3 Å². The molecule has 7 nitrogen and oxygen atoms in total. The van der Waals surface area contributed by atoms with Crippen LogP contribution in [0.5, 0.6) is 0 Å². The third-order valence-corrected chi connectivity index (χ3v) is 5.74. The number of aliphatic hydroxyl groups is 1. The third-order valence-electron chi connectivity index (χ3n) is 5.74. The van der Waals surface area contributed by atoms with Crippen LogP contribution in [0.2, 0.25) is 0 Å². The van der Waals surface area contributed by atoms with Crippen LogP contribution in [0.25, 0.3) is 16.9 Å². The first-order valence-corrected chi connectivity index (χ1v) is 10.1. The van der Waals surface area contributed by atoms with Gasteiger partial charge in [-0.25, -0.2) is 14.1 Å². The van der Waals surface area contributed by atoms with E-state index >= 15 is 0 Å². The number of aromatic nitrogens is 3. The van der Waals surface area contributed by atoms with Crippen molar-refractivity contribution in [3.05, 3.63) is 59.2 Å². The fourth-order valence-corrected chi connectivity index (χ4v) is 4.26. The molecule has 1 unspecified atom stereocenters. The molecule has 2 N–H and O–H groups in total. The molecular formula is C22H22FN5O2. The standard InChI is InChI=1S/C22H22FN5O2/c1-13-4-2-6-15(23)20(13)16-10-18(21-17(25-16)11-24-22(21)30)28-9-7-19(26-28)27-8-3-5-14(29)12-27/h2,4,6-7,9-10,14,29H,3,5,8,11-12H2,1H3,(H,24,30). The Morgan fingerprint density at radius 2 is 2.13 bits per heavy atom. The van der Waals surface area contributed by atoms with Crippen LogP contribution in [0.15, 0.2) is 36.5 Å². The van der Waals surface area contributed by atoms with Gasteiger partial charge < -0.3 is 15.3 Å². The number of nitrogens with one attached hydrogen (secondary N) is 1. The number of benzene rings is 1. The van der Waals surface area contributed by atoms with Crippen molar-refractivity contribution in [2.24, 2.45) is 0 Å². The maximum Gasteiger partial charge on any atom is 0.255 e. The minimum absolute atomic E-state index is 0.213. The first kappa shape index (κ1) is 18.7. The number of carbonyl (C=O) groups is 1. The van der Waals surface area contributed by atoms with E-state index in [4.69, 9.17) is 0 Å². The average molecular weight is 407 g/mol. The Labute approximate surface area is 173 Å². The van der Waals surface area contributed by atoms with Gasteiger partial charge >= 0.3 is 0 Å². The number of anilines is 1. The Hall–Kier alpha value is -3.26. The van der Waals surface area contributed by atoms with E-state index in [1.807, 2.05) is 24.0 Å². The van der Waals surface area contributed by atoms with E-state index in [-0.39, 0.29) is 17.8 Å². The van der Waals surface area contributed by atoms with Crippen molar-refractivity contribution >= 4 is 11.7 Å². The summed E-state index contributed by atoms with van der Waals surface area (Å²) < 4.78 is 16.2. The van der Waals surface area contributed by atoms with Crippen molar-refractivity contribution in [3.63, 3.8) is 0 Å². The monoisotopic (exact) mass is 407 g/mol. The number of halogens is 1. The fraction of sp³-hybridized carbons (Fsp3) is 0.318. The maximum absolute atomic E-state index is 14.6. The molecule has 1 atom stereocenters. The highest BCUT2D eigenvalue weighted by atomic mass is 19.1. The van der Waals surface area contributed by atoms with Gasteiger partial charge in [0.05, 0.1) is 35.3 Å². The molecule has 1 fully saturated rings. The zero-order chi connectivity index (χ0) is 20.8. The van der Waals surface area contributed by atoms with Crippen LogP contribution in [-0.4, -0.2) is 45.0 Å². The zero-order valence-electron chi connectivity index (χ0n) is 16.6. The number of amides is 1. The number of hydrogen-bond donors (Lipinski definition) is 2. The Bertz CT molecular complexity index is 1120. The number of fused-ring (bicyclic) bond motifs is 1. The molecule has 2 aromatic heterocycles. The number of pyridine rings is 1. The minimum Gasteiger partial charge on any atom is -0.391 e. The molecule has 0 bridgehead atoms. The van der Waals surface area contributed by atoms with Gasteiger partial charge in [0.25, 0.3) is 5.91 Å². The molecule has 2 aliphatic heterocycles. The van der Waals surface area contributed by atoms with Gasteiger partial charge in [-0.2, -0.15) is 5.10 Å². The van der Waals surface area contributed by atoms with Crippen molar-refractivity contribution in [2.45, 2.75) is 32.4 Å². The van der Waals surface area contributed by atoms with E-state index in [9.17, 15) is 14.3 Å². The van der Waals surface area contributed by atoms with Gasteiger partial charge in [0.15, 0.2) is 5.82 Å². The quantitative estimate of drug-likeness (QED) is 0.697. The maximum atomic E-state index is 14.6. The first-order valence-electron chi connectivity index (χ1n) is 10.1. The largest absolute Gasteiger partial charge is 0.391 e. The van der Waals surface area contributed by atoms with Crippen molar-refractivity contribution in [3.8, 4) is 16.9 Å². The molecule has 30 heavy (non-hydrogen) atoms. The molecule has 2 aliphatic rings. The number of aliphatic hydroxyl groups excluding tert-OH is 1. The Morgan fingerprint density at radius 1 is 1.27 bits per heavy atom. The number of hydrogen-bond acceptors (Lipinski definition) is 5. The lowest BCUT2D eigenvalue weighted by Crippen LogP contribution is -2.38. The van der Waals surface area contributed by atoms with Crippen LogP contribution < -0.4 is 10.2 Å². The van der Waals surface area contributed by atoms with Crippen molar-refractivity contribution in [2.75, 3.05) is 18.0 Å². The summed E-state index contributed by atoms with van der Waals surface area (Å²) in [4.78, 5) is 19.1. The van der Waals surface area contributed by atoms with Gasteiger partial charge in [0.1, 0.15) is 5.82 Å². The van der Waals surface area contributed by atoms with Crippen LogP contribution >= 0.6 is 0 Å². The number of nitrogens with zero attached hydrogens (tertiary/aromatic N) is 4. The molecular weight excluding hydrogens is 385 g/mol. The predicted octanol–water partition coefficient (Wildman–Crippen LogP) is 2.59. The fourth-order valence-electron chi connectivity index (χ4n) is 4.26. The Balaban J connectivity index is 1.62. The topological polar surface area (TPSA) is 83.3 Å². The number of piperidine rings is 1. The molecule has 1 aromatic carbocycles. The summed E-state index contributed by atoms with van der Waals surface area (Å²) in [6.07, 6.45) is 3.11. The van der Waals surface area contributed by atoms with Gasteiger partial charge in [-0.15, -0.1) is 0 Å². The highest BCUT2D eigenvalue weighted by Crippen LogP contribution is 2.31. The van der Waals surface area contributed by atoms with Gasteiger partial charge in [-0.1, -0.05) is 12.1 Å². The lowest BCUT2D eigenvalue weighted by Gasteiger charge is -2.29.